The van der Waals surface area contributed by atoms with E-state index in [1.54, 1.807) is 24.3 Å². The Labute approximate surface area is 158 Å². The number of hydrogen-bond acceptors (Lipinski definition) is 4. The number of aryl methyl sites for hydroxylation is 3. The van der Waals surface area contributed by atoms with Gasteiger partial charge in [-0.2, -0.15) is 0 Å². The molecule has 0 aromatic heterocycles. The molecule has 0 radical (unpaired) electrons. The van der Waals surface area contributed by atoms with Gasteiger partial charge in [-0.3, -0.25) is 14.5 Å². The molecule has 0 saturated carbocycles. The number of amides is 4. The normalized spacial score (nSPS) is 14.3. The minimum Gasteiger partial charge on any atom is -0.492 e. The van der Waals surface area contributed by atoms with Crippen molar-refractivity contribution in [2.45, 2.75) is 34.2 Å². The summed E-state index contributed by atoms with van der Waals surface area (Å²) in [5.41, 5.74) is 4.22. The highest BCUT2D eigenvalue weighted by atomic mass is 16.5. The Hall–Kier alpha value is -3.15. The zero-order valence-electron chi connectivity index (χ0n) is 15.9. The molecule has 1 fully saturated rings. The topological polar surface area (TPSA) is 66.9 Å². The summed E-state index contributed by atoms with van der Waals surface area (Å²) in [6.45, 7) is 8.12. The fraction of sp³-hybridized carbons (Fsp3) is 0.286. The average Bonchev–Trinajstić information content (AvgIpc) is 2.82. The summed E-state index contributed by atoms with van der Waals surface area (Å²) in [6.07, 6.45) is 0. The van der Waals surface area contributed by atoms with Crippen LogP contribution in [-0.4, -0.2) is 29.4 Å². The van der Waals surface area contributed by atoms with Crippen molar-refractivity contribution in [3.8, 4) is 5.75 Å². The maximum absolute atomic E-state index is 12.9. The standard InChI is InChI=1S/C21H22N2O4/c1-5-27-18-9-7-6-8-17(18)23-20(25)19(24)22(21(23)26)12-16-14(3)10-13(2)11-15(16)4/h6-11H,5,12H2,1-4H3. The Bertz CT molecular complexity index is 913. The van der Waals surface area contributed by atoms with Gasteiger partial charge in [0.05, 0.1) is 18.8 Å². The summed E-state index contributed by atoms with van der Waals surface area (Å²) in [6, 6.07) is 10.0. The van der Waals surface area contributed by atoms with E-state index in [4.69, 9.17) is 4.74 Å². The summed E-state index contributed by atoms with van der Waals surface area (Å²) in [4.78, 5) is 39.9. The van der Waals surface area contributed by atoms with Gasteiger partial charge in [0.2, 0.25) is 0 Å². The van der Waals surface area contributed by atoms with Crippen LogP contribution in [0.5, 0.6) is 5.75 Å². The minimum atomic E-state index is -0.866. The first-order valence-electron chi connectivity index (χ1n) is 8.83. The zero-order valence-corrected chi connectivity index (χ0v) is 15.9. The minimum absolute atomic E-state index is 0.0641. The summed E-state index contributed by atoms with van der Waals surface area (Å²) >= 11 is 0. The van der Waals surface area contributed by atoms with E-state index in [-0.39, 0.29) is 12.2 Å². The third-order valence-electron chi connectivity index (χ3n) is 4.62. The van der Waals surface area contributed by atoms with E-state index in [1.807, 2.05) is 39.8 Å². The van der Waals surface area contributed by atoms with Crippen molar-refractivity contribution in [1.29, 1.82) is 0 Å². The first-order valence-corrected chi connectivity index (χ1v) is 8.83. The molecule has 1 saturated heterocycles. The Balaban J connectivity index is 1.96. The van der Waals surface area contributed by atoms with Crippen molar-refractivity contribution in [1.82, 2.24) is 4.90 Å². The van der Waals surface area contributed by atoms with Crippen LogP contribution in [0.1, 0.15) is 29.2 Å². The fourth-order valence-electron chi connectivity index (χ4n) is 3.39. The van der Waals surface area contributed by atoms with Gasteiger partial charge in [-0.05, 0) is 56.5 Å². The van der Waals surface area contributed by atoms with E-state index in [0.717, 1.165) is 32.1 Å². The van der Waals surface area contributed by atoms with Gasteiger partial charge in [0.15, 0.2) is 0 Å². The number of anilines is 1. The smallest absolute Gasteiger partial charge is 0.339 e. The second-order valence-electron chi connectivity index (χ2n) is 6.59. The molecule has 0 unspecified atom stereocenters. The Morgan fingerprint density at radius 2 is 1.56 bits per heavy atom. The van der Waals surface area contributed by atoms with E-state index in [2.05, 4.69) is 0 Å². The first-order chi connectivity index (χ1) is 12.8. The molecule has 6 heteroatoms. The monoisotopic (exact) mass is 366 g/mol. The number of benzene rings is 2. The second kappa shape index (κ2) is 7.23. The van der Waals surface area contributed by atoms with Crippen molar-refractivity contribution in [2.24, 2.45) is 0 Å². The number of imide groups is 2. The van der Waals surface area contributed by atoms with Crippen LogP contribution < -0.4 is 9.64 Å². The van der Waals surface area contributed by atoms with Crippen molar-refractivity contribution >= 4 is 23.5 Å². The highest BCUT2D eigenvalue weighted by Crippen LogP contribution is 2.32. The van der Waals surface area contributed by atoms with Gasteiger partial charge < -0.3 is 4.74 Å². The van der Waals surface area contributed by atoms with E-state index >= 15 is 0 Å². The van der Waals surface area contributed by atoms with Crippen molar-refractivity contribution < 1.29 is 19.1 Å². The van der Waals surface area contributed by atoms with Crippen LogP contribution in [0.3, 0.4) is 0 Å². The van der Waals surface area contributed by atoms with Crippen molar-refractivity contribution in [3.05, 3.63) is 58.7 Å². The van der Waals surface area contributed by atoms with Crippen LogP contribution in [0.2, 0.25) is 0 Å². The van der Waals surface area contributed by atoms with Gasteiger partial charge in [-0.1, -0.05) is 29.8 Å². The molecule has 1 heterocycles. The van der Waals surface area contributed by atoms with Crippen LogP contribution in [0.4, 0.5) is 10.5 Å². The predicted octanol–water partition coefficient (Wildman–Crippen LogP) is 3.51. The molecule has 0 bridgehead atoms. The molecule has 140 valence electrons. The lowest BCUT2D eigenvalue weighted by atomic mass is 9.99. The summed E-state index contributed by atoms with van der Waals surface area (Å²) in [5, 5.41) is 0. The number of nitrogens with zero attached hydrogens (tertiary/aromatic N) is 2. The third-order valence-corrected chi connectivity index (χ3v) is 4.62. The quantitative estimate of drug-likeness (QED) is 0.600. The van der Waals surface area contributed by atoms with Crippen LogP contribution in [0, 0.1) is 20.8 Å². The lowest BCUT2D eigenvalue weighted by molar-refractivity contribution is -0.139. The molecule has 1 aliphatic heterocycles. The molecule has 0 atom stereocenters. The fourth-order valence-corrected chi connectivity index (χ4v) is 3.39. The molecule has 3 rings (SSSR count). The van der Waals surface area contributed by atoms with Crippen LogP contribution in [0.15, 0.2) is 36.4 Å². The lowest BCUT2D eigenvalue weighted by Gasteiger charge is -2.19. The number of carbonyl (C=O) groups excluding carboxylic acids is 3. The maximum atomic E-state index is 12.9. The highest BCUT2D eigenvalue weighted by molar-refractivity contribution is 6.52. The predicted molar refractivity (Wildman–Crippen MR) is 102 cm³/mol. The van der Waals surface area contributed by atoms with E-state index in [9.17, 15) is 14.4 Å². The Kier molecular flexibility index (Phi) is 4.99. The second-order valence-corrected chi connectivity index (χ2v) is 6.59. The highest BCUT2D eigenvalue weighted by Gasteiger charge is 2.46. The molecule has 4 amide bonds. The third kappa shape index (κ3) is 3.30. The summed E-state index contributed by atoms with van der Waals surface area (Å²) in [5.74, 6) is -1.31. The first kappa shape index (κ1) is 18.6. The molecular formula is C21H22N2O4. The van der Waals surface area contributed by atoms with Crippen LogP contribution in [0.25, 0.3) is 0 Å². The molecule has 6 nitrogen and oxygen atoms in total. The zero-order chi connectivity index (χ0) is 19.7. The van der Waals surface area contributed by atoms with Gasteiger partial charge >= 0.3 is 17.8 Å². The number of hydrogen-bond donors (Lipinski definition) is 0. The molecular weight excluding hydrogens is 344 g/mol. The molecule has 27 heavy (non-hydrogen) atoms. The largest absolute Gasteiger partial charge is 0.492 e. The lowest BCUT2D eigenvalue weighted by Crippen LogP contribution is -2.33. The SMILES string of the molecule is CCOc1ccccc1N1C(=O)C(=O)N(Cc2c(C)cc(C)cc2C)C1=O. The average molecular weight is 366 g/mol. The van der Waals surface area contributed by atoms with E-state index < -0.39 is 17.8 Å². The molecule has 1 aliphatic rings. The van der Waals surface area contributed by atoms with Crippen LogP contribution >= 0.6 is 0 Å². The number of rotatable bonds is 5. The molecule has 2 aromatic rings. The summed E-state index contributed by atoms with van der Waals surface area (Å²) in [7, 11) is 0. The van der Waals surface area contributed by atoms with Crippen molar-refractivity contribution in [2.75, 3.05) is 11.5 Å². The van der Waals surface area contributed by atoms with Crippen molar-refractivity contribution in [3.63, 3.8) is 0 Å². The molecule has 0 aliphatic carbocycles. The molecule has 0 N–H and O–H groups in total. The van der Waals surface area contributed by atoms with E-state index in [1.165, 1.54) is 0 Å². The Morgan fingerprint density at radius 3 is 2.19 bits per heavy atom. The van der Waals surface area contributed by atoms with E-state index in [0.29, 0.717) is 12.4 Å². The molecule has 2 aromatic carbocycles. The summed E-state index contributed by atoms with van der Waals surface area (Å²) < 4.78 is 5.51. The number of para-hydroxylation sites is 2. The number of carbonyl (C=O) groups is 3. The van der Waals surface area contributed by atoms with Gasteiger partial charge in [0.25, 0.3) is 0 Å². The van der Waals surface area contributed by atoms with Gasteiger partial charge in [0, 0.05) is 0 Å². The molecule has 0 spiro atoms. The Morgan fingerprint density at radius 1 is 0.926 bits per heavy atom. The number of ether oxygens (including phenoxy) is 1. The number of urea groups is 1. The van der Waals surface area contributed by atoms with Gasteiger partial charge in [-0.25, -0.2) is 9.69 Å². The van der Waals surface area contributed by atoms with Gasteiger partial charge in [0.1, 0.15) is 5.75 Å². The maximum Gasteiger partial charge on any atom is 0.339 e. The van der Waals surface area contributed by atoms with Gasteiger partial charge in [-0.15, -0.1) is 0 Å². The van der Waals surface area contributed by atoms with Crippen LogP contribution in [-0.2, 0) is 16.1 Å².